The quantitative estimate of drug-likeness (QED) is 0.813. The Bertz CT molecular complexity index is 553. The normalized spacial score (nSPS) is 9.83. The van der Waals surface area contributed by atoms with Crippen LogP contribution in [0.5, 0.6) is 5.75 Å². The Kier molecular flexibility index (Phi) is 3.48. The Hall–Kier alpha value is -2.49. The van der Waals surface area contributed by atoms with Crippen molar-refractivity contribution in [3.63, 3.8) is 0 Å². The molecule has 0 aliphatic rings. The molecule has 2 aromatic carbocycles. The van der Waals surface area contributed by atoms with E-state index in [9.17, 15) is 4.79 Å². The standard InChI is InChI=1S/C14H14N2O2/c1-18-13-8-7-10(15)9-12(13)14(17)16-11-5-3-2-4-6-11/h2-9H,15H2,1H3,(H,16,17). The molecule has 0 aromatic heterocycles. The van der Waals surface area contributed by atoms with Crippen molar-refractivity contribution >= 4 is 17.3 Å². The van der Waals surface area contributed by atoms with E-state index in [0.717, 1.165) is 5.69 Å². The van der Waals surface area contributed by atoms with Gasteiger partial charge in [0.15, 0.2) is 0 Å². The number of nitrogens with one attached hydrogen (secondary N) is 1. The van der Waals surface area contributed by atoms with Crippen LogP contribution in [0.1, 0.15) is 10.4 Å². The van der Waals surface area contributed by atoms with Crippen molar-refractivity contribution in [1.29, 1.82) is 0 Å². The molecule has 0 saturated heterocycles. The molecule has 0 atom stereocenters. The fourth-order valence-corrected chi connectivity index (χ4v) is 1.62. The van der Waals surface area contributed by atoms with Crippen molar-refractivity contribution in [3.8, 4) is 5.75 Å². The first-order valence-electron chi connectivity index (χ1n) is 5.50. The molecule has 2 aromatic rings. The van der Waals surface area contributed by atoms with Gasteiger partial charge in [-0.1, -0.05) is 18.2 Å². The van der Waals surface area contributed by atoms with Crippen LogP contribution in [-0.4, -0.2) is 13.0 Å². The lowest BCUT2D eigenvalue weighted by molar-refractivity contribution is 0.102. The minimum Gasteiger partial charge on any atom is -0.496 e. The first-order chi connectivity index (χ1) is 8.70. The summed E-state index contributed by atoms with van der Waals surface area (Å²) in [6, 6.07) is 14.2. The molecule has 4 heteroatoms. The van der Waals surface area contributed by atoms with Crippen LogP contribution in [0.3, 0.4) is 0 Å². The van der Waals surface area contributed by atoms with Gasteiger partial charge in [0.1, 0.15) is 5.75 Å². The molecule has 0 aliphatic heterocycles. The Morgan fingerprint density at radius 1 is 1.17 bits per heavy atom. The second-order valence-corrected chi connectivity index (χ2v) is 3.78. The molecule has 0 radical (unpaired) electrons. The monoisotopic (exact) mass is 242 g/mol. The van der Waals surface area contributed by atoms with Gasteiger partial charge in [0.25, 0.3) is 5.91 Å². The second kappa shape index (κ2) is 5.23. The van der Waals surface area contributed by atoms with Crippen molar-refractivity contribution in [2.45, 2.75) is 0 Å². The summed E-state index contributed by atoms with van der Waals surface area (Å²) >= 11 is 0. The van der Waals surface area contributed by atoms with E-state index in [0.29, 0.717) is 17.0 Å². The molecule has 2 rings (SSSR count). The van der Waals surface area contributed by atoms with Crippen molar-refractivity contribution in [1.82, 2.24) is 0 Å². The zero-order valence-corrected chi connectivity index (χ0v) is 10.0. The molecular formula is C14H14N2O2. The average Bonchev–Trinajstić information content (AvgIpc) is 2.40. The lowest BCUT2D eigenvalue weighted by atomic mass is 10.1. The summed E-state index contributed by atoms with van der Waals surface area (Å²) in [4.78, 5) is 12.1. The van der Waals surface area contributed by atoms with E-state index in [1.165, 1.54) is 7.11 Å². The molecule has 0 heterocycles. The number of benzene rings is 2. The minimum atomic E-state index is -0.245. The Morgan fingerprint density at radius 2 is 1.89 bits per heavy atom. The Morgan fingerprint density at radius 3 is 2.56 bits per heavy atom. The summed E-state index contributed by atoms with van der Waals surface area (Å²) in [6.45, 7) is 0. The van der Waals surface area contributed by atoms with Crippen LogP contribution >= 0.6 is 0 Å². The highest BCUT2D eigenvalue weighted by atomic mass is 16.5. The van der Waals surface area contributed by atoms with Gasteiger partial charge >= 0.3 is 0 Å². The van der Waals surface area contributed by atoms with Crippen LogP contribution in [0.15, 0.2) is 48.5 Å². The number of para-hydroxylation sites is 1. The Labute approximate surface area is 105 Å². The maximum absolute atomic E-state index is 12.1. The summed E-state index contributed by atoms with van der Waals surface area (Å²) in [5.41, 5.74) is 7.35. The number of methoxy groups -OCH3 is 1. The molecule has 0 spiro atoms. The van der Waals surface area contributed by atoms with E-state index in [-0.39, 0.29) is 5.91 Å². The zero-order valence-electron chi connectivity index (χ0n) is 10.0. The molecule has 0 saturated carbocycles. The van der Waals surface area contributed by atoms with E-state index in [2.05, 4.69) is 5.32 Å². The van der Waals surface area contributed by atoms with Gasteiger partial charge in [-0.05, 0) is 30.3 Å². The molecular weight excluding hydrogens is 228 g/mol. The van der Waals surface area contributed by atoms with E-state index in [1.54, 1.807) is 18.2 Å². The number of hydrogen-bond acceptors (Lipinski definition) is 3. The van der Waals surface area contributed by atoms with E-state index < -0.39 is 0 Å². The highest BCUT2D eigenvalue weighted by Gasteiger charge is 2.12. The lowest BCUT2D eigenvalue weighted by Gasteiger charge is -2.10. The number of anilines is 2. The number of nitrogens with two attached hydrogens (primary N) is 1. The predicted molar refractivity (Wildman–Crippen MR) is 71.8 cm³/mol. The van der Waals surface area contributed by atoms with Gasteiger partial charge in [-0.3, -0.25) is 4.79 Å². The first kappa shape index (κ1) is 12.0. The third-order valence-corrected chi connectivity index (χ3v) is 2.50. The van der Waals surface area contributed by atoms with Gasteiger partial charge < -0.3 is 15.8 Å². The summed E-state index contributed by atoms with van der Waals surface area (Å²) < 4.78 is 5.14. The molecule has 4 nitrogen and oxygen atoms in total. The molecule has 0 fully saturated rings. The van der Waals surface area contributed by atoms with Crippen molar-refractivity contribution in [2.75, 3.05) is 18.2 Å². The smallest absolute Gasteiger partial charge is 0.259 e. The largest absolute Gasteiger partial charge is 0.496 e. The van der Waals surface area contributed by atoms with Gasteiger partial charge in [0.05, 0.1) is 12.7 Å². The van der Waals surface area contributed by atoms with Crippen LogP contribution in [-0.2, 0) is 0 Å². The Balaban J connectivity index is 2.26. The fraction of sp³-hybridized carbons (Fsp3) is 0.0714. The van der Waals surface area contributed by atoms with Crippen molar-refractivity contribution in [2.24, 2.45) is 0 Å². The van der Waals surface area contributed by atoms with Crippen LogP contribution < -0.4 is 15.8 Å². The van der Waals surface area contributed by atoms with Gasteiger partial charge in [-0.15, -0.1) is 0 Å². The summed E-state index contributed by atoms with van der Waals surface area (Å²) in [5, 5.41) is 2.79. The van der Waals surface area contributed by atoms with Gasteiger partial charge in [0, 0.05) is 11.4 Å². The molecule has 0 unspecified atom stereocenters. The number of rotatable bonds is 3. The lowest BCUT2D eigenvalue weighted by Crippen LogP contribution is -2.13. The van der Waals surface area contributed by atoms with Gasteiger partial charge in [0.2, 0.25) is 0 Å². The number of ether oxygens (including phenoxy) is 1. The third kappa shape index (κ3) is 2.60. The number of hydrogen-bond donors (Lipinski definition) is 2. The number of nitrogen functional groups attached to an aromatic ring is 1. The summed E-state index contributed by atoms with van der Waals surface area (Å²) in [6.07, 6.45) is 0. The fourth-order valence-electron chi connectivity index (χ4n) is 1.62. The molecule has 1 amide bonds. The highest BCUT2D eigenvalue weighted by molar-refractivity contribution is 6.06. The summed E-state index contributed by atoms with van der Waals surface area (Å²) in [5.74, 6) is 0.253. The van der Waals surface area contributed by atoms with Crippen LogP contribution in [0, 0.1) is 0 Å². The third-order valence-electron chi connectivity index (χ3n) is 2.50. The summed E-state index contributed by atoms with van der Waals surface area (Å²) in [7, 11) is 1.52. The van der Waals surface area contributed by atoms with Crippen LogP contribution in [0.25, 0.3) is 0 Å². The van der Waals surface area contributed by atoms with Gasteiger partial charge in [-0.25, -0.2) is 0 Å². The highest BCUT2D eigenvalue weighted by Crippen LogP contribution is 2.22. The maximum atomic E-state index is 12.1. The number of amides is 1. The molecule has 18 heavy (non-hydrogen) atoms. The van der Waals surface area contributed by atoms with E-state index in [4.69, 9.17) is 10.5 Å². The van der Waals surface area contributed by atoms with Gasteiger partial charge in [-0.2, -0.15) is 0 Å². The first-order valence-corrected chi connectivity index (χ1v) is 5.50. The second-order valence-electron chi connectivity index (χ2n) is 3.78. The van der Waals surface area contributed by atoms with E-state index in [1.807, 2.05) is 30.3 Å². The van der Waals surface area contributed by atoms with Crippen molar-refractivity contribution < 1.29 is 9.53 Å². The number of carbonyl (C=O) groups excluding carboxylic acids is 1. The molecule has 92 valence electrons. The zero-order chi connectivity index (χ0) is 13.0. The molecule has 0 bridgehead atoms. The van der Waals surface area contributed by atoms with Crippen LogP contribution in [0.2, 0.25) is 0 Å². The SMILES string of the molecule is COc1ccc(N)cc1C(=O)Nc1ccccc1. The van der Waals surface area contributed by atoms with Crippen LogP contribution in [0.4, 0.5) is 11.4 Å². The maximum Gasteiger partial charge on any atom is 0.259 e. The minimum absolute atomic E-state index is 0.245. The molecule has 3 N–H and O–H groups in total. The predicted octanol–water partition coefficient (Wildman–Crippen LogP) is 2.53. The number of carbonyl (C=O) groups is 1. The topological polar surface area (TPSA) is 64.3 Å². The molecule has 0 aliphatic carbocycles. The van der Waals surface area contributed by atoms with Crippen molar-refractivity contribution in [3.05, 3.63) is 54.1 Å². The van der Waals surface area contributed by atoms with E-state index >= 15 is 0 Å². The average molecular weight is 242 g/mol.